The van der Waals surface area contributed by atoms with Crippen LogP contribution in [0.5, 0.6) is 0 Å². The van der Waals surface area contributed by atoms with Gasteiger partial charge in [0.15, 0.2) is 11.6 Å². The number of esters is 1. The number of ether oxygens (including phenoxy) is 3. The number of anilines is 2. The number of carboxylic acid groups (broad SMARTS) is 1. The first-order valence-electron chi connectivity index (χ1n) is 18.0. The molecule has 2 atom stereocenters. The third kappa shape index (κ3) is 9.08. The van der Waals surface area contributed by atoms with Gasteiger partial charge in [-0.05, 0) is 50.2 Å². The molecule has 6 aromatic rings. The van der Waals surface area contributed by atoms with Crippen LogP contribution in [0.3, 0.4) is 0 Å². The monoisotopic (exact) mass is 760 g/mol. The summed E-state index contributed by atoms with van der Waals surface area (Å²) >= 11 is 0. The van der Waals surface area contributed by atoms with Gasteiger partial charge in [-0.25, -0.2) is 29.5 Å². The SMILES string of the molecule is C.CC1COCCN1c1nc2cc(C(=O)O)ccc2nc1-c1ccccc1.CO.COC(=O)c1ccc2nc(-c3ccccc3)c(N3CCOCC3C)nc2c1. The molecule has 13 nitrogen and oxygen atoms in total. The molecule has 2 aliphatic rings. The van der Waals surface area contributed by atoms with Crippen LogP contribution in [-0.2, 0) is 14.2 Å². The number of nitrogens with zero attached hydrogens (tertiary/aromatic N) is 6. The maximum atomic E-state index is 11.9. The number of hydrogen-bond acceptors (Lipinski definition) is 12. The van der Waals surface area contributed by atoms with E-state index in [1.807, 2.05) is 66.7 Å². The second kappa shape index (κ2) is 19.0. The Hall–Kier alpha value is -6.02. The van der Waals surface area contributed by atoms with Gasteiger partial charge in [-0.15, -0.1) is 0 Å². The van der Waals surface area contributed by atoms with Gasteiger partial charge in [0.05, 0.1) is 78.8 Å². The van der Waals surface area contributed by atoms with E-state index in [4.69, 9.17) is 39.3 Å². The van der Waals surface area contributed by atoms with Crippen LogP contribution in [0.15, 0.2) is 97.1 Å². The maximum absolute atomic E-state index is 11.9. The van der Waals surface area contributed by atoms with Crippen LogP contribution in [-0.4, -0.2) is 108 Å². The van der Waals surface area contributed by atoms with E-state index in [0.29, 0.717) is 48.5 Å². The fourth-order valence-corrected chi connectivity index (χ4v) is 6.53. The Morgan fingerprint density at radius 2 is 1.07 bits per heavy atom. The average molecular weight is 761 g/mol. The molecule has 292 valence electrons. The van der Waals surface area contributed by atoms with E-state index in [2.05, 4.69) is 23.6 Å². The fraction of sp³-hybridized carbons (Fsp3) is 0.302. The maximum Gasteiger partial charge on any atom is 0.337 e. The lowest BCUT2D eigenvalue weighted by molar-refractivity contribution is 0.0600. The van der Waals surface area contributed by atoms with Gasteiger partial charge < -0.3 is 34.2 Å². The zero-order valence-electron chi connectivity index (χ0n) is 31.3. The molecule has 0 radical (unpaired) electrons. The van der Waals surface area contributed by atoms with Crippen LogP contribution < -0.4 is 9.80 Å². The molecular weight excluding hydrogens is 713 g/mol. The van der Waals surface area contributed by atoms with Crippen LogP contribution in [0.1, 0.15) is 42.0 Å². The molecule has 0 aliphatic carbocycles. The second-order valence-electron chi connectivity index (χ2n) is 13.0. The third-order valence-electron chi connectivity index (χ3n) is 9.33. The molecule has 4 aromatic carbocycles. The summed E-state index contributed by atoms with van der Waals surface area (Å²) in [5, 5.41) is 16.3. The molecule has 2 fully saturated rings. The van der Waals surface area contributed by atoms with E-state index >= 15 is 0 Å². The largest absolute Gasteiger partial charge is 0.478 e. The Morgan fingerprint density at radius 3 is 1.48 bits per heavy atom. The second-order valence-corrected chi connectivity index (χ2v) is 13.0. The van der Waals surface area contributed by atoms with Gasteiger partial charge in [0.1, 0.15) is 11.4 Å². The average Bonchev–Trinajstić information content (AvgIpc) is 3.24. The van der Waals surface area contributed by atoms with E-state index < -0.39 is 5.97 Å². The number of benzene rings is 4. The van der Waals surface area contributed by atoms with E-state index in [1.165, 1.54) is 7.11 Å². The first-order chi connectivity index (χ1) is 26.8. The lowest BCUT2D eigenvalue weighted by Gasteiger charge is -2.35. The number of morpholine rings is 2. The van der Waals surface area contributed by atoms with E-state index in [-0.39, 0.29) is 31.0 Å². The highest BCUT2D eigenvalue weighted by Crippen LogP contribution is 2.33. The molecule has 2 aliphatic heterocycles. The molecule has 0 amide bonds. The van der Waals surface area contributed by atoms with E-state index in [0.717, 1.165) is 59.9 Å². The number of hydrogen-bond donors (Lipinski definition) is 2. The Labute approximate surface area is 326 Å². The van der Waals surface area contributed by atoms with Crippen LogP contribution in [0, 0.1) is 0 Å². The van der Waals surface area contributed by atoms with Crippen LogP contribution in [0.2, 0.25) is 0 Å². The van der Waals surface area contributed by atoms with Crippen molar-refractivity contribution in [3.8, 4) is 22.5 Å². The lowest BCUT2D eigenvalue weighted by Crippen LogP contribution is -2.44. The van der Waals surface area contributed by atoms with Crippen LogP contribution in [0.25, 0.3) is 44.6 Å². The molecule has 0 saturated carbocycles. The van der Waals surface area contributed by atoms with Crippen LogP contribution >= 0.6 is 0 Å². The minimum Gasteiger partial charge on any atom is -0.478 e. The van der Waals surface area contributed by atoms with Gasteiger partial charge in [-0.2, -0.15) is 0 Å². The van der Waals surface area contributed by atoms with Crippen molar-refractivity contribution >= 4 is 45.6 Å². The summed E-state index contributed by atoms with van der Waals surface area (Å²) in [6, 6.07) is 30.4. The predicted octanol–water partition coefficient (Wildman–Crippen LogP) is 6.77. The molecule has 2 N–H and O–H groups in total. The zero-order valence-corrected chi connectivity index (χ0v) is 31.3. The Kier molecular flexibility index (Phi) is 14.0. The van der Waals surface area contributed by atoms with Gasteiger partial charge in [0.2, 0.25) is 0 Å². The van der Waals surface area contributed by atoms with Crippen LogP contribution in [0.4, 0.5) is 11.6 Å². The summed E-state index contributed by atoms with van der Waals surface area (Å²) < 4.78 is 16.0. The number of aliphatic hydroxyl groups is 1. The summed E-state index contributed by atoms with van der Waals surface area (Å²) in [6.45, 7) is 8.24. The number of fused-ring (bicyclic) bond motifs is 2. The molecule has 2 unspecified atom stereocenters. The minimum atomic E-state index is -0.970. The van der Waals surface area contributed by atoms with Crippen molar-refractivity contribution in [3.63, 3.8) is 0 Å². The molecule has 13 heteroatoms. The van der Waals surface area contributed by atoms with Crippen molar-refractivity contribution < 1.29 is 34.0 Å². The normalized spacial score (nSPS) is 16.4. The Morgan fingerprint density at radius 1 is 0.643 bits per heavy atom. The first-order valence-corrected chi connectivity index (χ1v) is 18.0. The van der Waals surface area contributed by atoms with E-state index in [9.17, 15) is 14.7 Å². The first kappa shape index (κ1) is 41.1. The number of carbonyl (C=O) groups excluding carboxylic acids is 1. The Bertz CT molecular complexity index is 2260. The molecule has 0 spiro atoms. The highest BCUT2D eigenvalue weighted by atomic mass is 16.5. The Balaban J connectivity index is 0.000000202. The van der Waals surface area contributed by atoms with Crippen molar-refractivity contribution in [2.45, 2.75) is 33.4 Å². The molecule has 2 saturated heterocycles. The highest BCUT2D eigenvalue weighted by molar-refractivity contribution is 5.95. The minimum absolute atomic E-state index is 0. The summed E-state index contributed by atoms with van der Waals surface area (Å²) in [7, 11) is 2.37. The van der Waals surface area contributed by atoms with Crippen molar-refractivity contribution in [3.05, 3.63) is 108 Å². The number of rotatable bonds is 6. The number of aromatic nitrogens is 4. The summed E-state index contributed by atoms with van der Waals surface area (Å²) in [5.41, 5.74) is 6.98. The van der Waals surface area contributed by atoms with Gasteiger partial charge in [-0.1, -0.05) is 68.1 Å². The number of aromatic carboxylic acids is 1. The number of aliphatic hydroxyl groups excluding tert-OH is 1. The predicted molar refractivity (Wildman–Crippen MR) is 218 cm³/mol. The van der Waals surface area contributed by atoms with Gasteiger partial charge in [-0.3, -0.25) is 0 Å². The number of carbonyl (C=O) groups is 2. The van der Waals surface area contributed by atoms with Crippen molar-refractivity contribution in [1.29, 1.82) is 0 Å². The molecule has 2 aromatic heterocycles. The lowest BCUT2D eigenvalue weighted by atomic mass is 10.1. The fourth-order valence-electron chi connectivity index (χ4n) is 6.53. The van der Waals surface area contributed by atoms with Gasteiger partial charge >= 0.3 is 11.9 Å². The molecule has 0 bridgehead atoms. The van der Waals surface area contributed by atoms with Gasteiger partial charge in [0, 0.05) is 31.3 Å². The van der Waals surface area contributed by atoms with E-state index in [1.54, 1.807) is 30.3 Å². The van der Waals surface area contributed by atoms with Gasteiger partial charge in [0.25, 0.3) is 0 Å². The highest BCUT2D eigenvalue weighted by Gasteiger charge is 2.26. The van der Waals surface area contributed by atoms with Crippen molar-refractivity contribution in [1.82, 2.24) is 19.9 Å². The topological polar surface area (TPSA) is 160 Å². The summed E-state index contributed by atoms with van der Waals surface area (Å²) in [5.74, 6) is 0.225. The summed E-state index contributed by atoms with van der Waals surface area (Å²) in [6.07, 6.45) is 0. The molecule has 8 rings (SSSR count). The zero-order chi connectivity index (χ0) is 38.9. The molecule has 4 heterocycles. The number of methoxy groups -OCH3 is 1. The standard InChI is InChI=1S/C21H21N3O3.C20H19N3O3.CH4O.CH4/c1-14-13-27-11-10-24(14)20-19(15-6-4-3-5-7-15)22-17-9-8-16(21(25)26-2)12-18(17)23-20;1-13-12-26-10-9-23(13)19-18(14-5-3-2-4-6-14)21-16-8-7-15(20(24)25)11-17(16)22-19;1-2;/h3-9,12,14H,10-11,13H2,1-2H3;2-8,11,13H,9-10,12H2,1H3,(H,24,25);2H,1H3;1H4. The molecule has 56 heavy (non-hydrogen) atoms. The summed E-state index contributed by atoms with van der Waals surface area (Å²) in [4.78, 5) is 47.0. The van der Waals surface area contributed by atoms with Crippen molar-refractivity contribution in [2.75, 3.05) is 63.5 Å². The smallest absolute Gasteiger partial charge is 0.337 e. The quantitative estimate of drug-likeness (QED) is 0.171. The third-order valence-corrected chi connectivity index (χ3v) is 9.33. The van der Waals surface area contributed by atoms with Crippen molar-refractivity contribution in [2.24, 2.45) is 0 Å². The number of carboxylic acids is 1. The molecular formula is C43H48N6O7.